The minimum absolute atomic E-state index is 0.0473. The van der Waals surface area contributed by atoms with E-state index >= 15 is 0 Å². The van der Waals surface area contributed by atoms with Gasteiger partial charge in [-0.1, -0.05) is 0 Å². The van der Waals surface area contributed by atoms with Crippen molar-refractivity contribution in [1.82, 2.24) is 0 Å². The number of thioether (sulfide) groups is 1. The molecule has 0 aliphatic carbocycles. The molecule has 25 heavy (non-hydrogen) atoms. The smallest absolute Gasteiger partial charge is 0.210 e. The predicted molar refractivity (Wildman–Crippen MR) is 91.5 cm³/mol. The number of hydrogen-bond donors (Lipinski definition) is 0. The Morgan fingerprint density at radius 1 is 1.00 bits per heavy atom. The third-order valence-electron chi connectivity index (χ3n) is 3.97. The maximum Gasteiger partial charge on any atom is 0.210 e. The van der Waals surface area contributed by atoms with E-state index in [1.807, 2.05) is 0 Å². The Bertz CT molecular complexity index is 904. The second-order valence-corrected chi connectivity index (χ2v) is 6.97. The molecule has 2 aromatic carbocycles. The molecular weight excluding hydrogens is 349 g/mol. The molecule has 2 nitrogen and oxygen atoms in total. The standard InChI is InChI=1S/C19H15F3O2S/c1-19(2)18(23)16(12-9-11(20)5-6-13(12)21)17(24-19)10-4-7-15(25-3)14(22)8-10/h4-9H,1-3H3. The van der Waals surface area contributed by atoms with Gasteiger partial charge in [-0.25, -0.2) is 13.2 Å². The number of ketones is 1. The number of carbonyl (C=O) groups is 1. The van der Waals surface area contributed by atoms with E-state index in [0.717, 1.165) is 18.2 Å². The lowest BCUT2D eigenvalue weighted by atomic mass is 9.92. The van der Waals surface area contributed by atoms with Crippen LogP contribution in [0.5, 0.6) is 0 Å². The molecule has 1 aliphatic heterocycles. The average molecular weight is 364 g/mol. The van der Waals surface area contributed by atoms with Gasteiger partial charge in [-0.2, -0.15) is 0 Å². The second kappa shape index (κ2) is 6.26. The van der Waals surface area contributed by atoms with Gasteiger partial charge in [0.2, 0.25) is 5.78 Å². The lowest BCUT2D eigenvalue weighted by Gasteiger charge is -2.18. The molecule has 0 aromatic heterocycles. The van der Waals surface area contributed by atoms with Crippen LogP contribution < -0.4 is 0 Å². The summed E-state index contributed by atoms with van der Waals surface area (Å²) in [6.07, 6.45) is 1.74. The SMILES string of the molecule is CSc1ccc(C2=C(c3cc(F)ccc3F)C(=O)C(C)(C)O2)cc1F. The molecule has 6 heteroatoms. The van der Waals surface area contributed by atoms with E-state index in [1.165, 1.54) is 31.7 Å². The largest absolute Gasteiger partial charge is 0.478 e. The first-order valence-electron chi connectivity index (χ1n) is 7.52. The fourth-order valence-corrected chi connectivity index (χ4v) is 3.16. The summed E-state index contributed by atoms with van der Waals surface area (Å²) in [5.74, 6) is -2.33. The van der Waals surface area contributed by atoms with Gasteiger partial charge in [-0.3, -0.25) is 4.79 Å². The van der Waals surface area contributed by atoms with E-state index in [0.29, 0.717) is 10.5 Å². The van der Waals surface area contributed by atoms with Crippen molar-refractivity contribution in [3.05, 3.63) is 65.0 Å². The molecule has 0 bridgehead atoms. The molecule has 0 unspecified atom stereocenters. The number of ether oxygens (including phenoxy) is 1. The molecule has 1 heterocycles. The van der Waals surface area contributed by atoms with Gasteiger partial charge in [0.1, 0.15) is 23.2 Å². The van der Waals surface area contributed by atoms with E-state index in [1.54, 1.807) is 18.4 Å². The Hall–Kier alpha value is -2.21. The van der Waals surface area contributed by atoms with Crippen molar-refractivity contribution in [2.24, 2.45) is 0 Å². The van der Waals surface area contributed by atoms with Crippen LogP contribution in [-0.4, -0.2) is 17.6 Å². The summed E-state index contributed by atoms with van der Waals surface area (Å²) in [4.78, 5) is 13.1. The summed E-state index contributed by atoms with van der Waals surface area (Å²) >= 11 is 1.24. The van der Waals surface area contributed by atoms with Gasteiger partial charge >= 0.3 is 0 Å². The molecule has 0 amide bonds. The number of rotatable bonds is 3. The summed E-state index contributed by atoms with van der Waals surface area (Å²) in [6.45, 7) is 3.07. The van der Waals surface area contributed by atoms with Crippen molar-refractivity contribution >= 4 is 28.9 Å². The van der Waals surface area contributed by atoms with Gasteiger partial charge in [0.05, 0.1) is 5.57 Å². The van der Waals surface area contributed by atoms with Gasteiger partial charge in [-0.15, -0.1) is 11.8 Å². The minimum atomic E-state index is -1.25. The van der Waals surface area contributed by atoms with Crippen molar-refractivity contribution in [1.29, 1.82) is 0 Å². The molecule has 0 fully saturated rings. The highest BCUT2D eigenvalue weighted by molar-refractivity contribution is 7.98. The van der Waals surface area contributed by atoms with E-state index in [-0.39, 0.29) is 16.9 Å². The number of carbonyl (C=O) groups excluding carboxylic acids is 1. The van der Waals surface area contributed by atoms with Gasteiger partial charge in [0.25, 0.3) is 0 Å². The molecule has 0 radical (unpaired) electrons. The number of benzene rings is 2. The van der Waals surface area contributed by atoms with Gasteiger partial charge in [0, 0.05) is 16.0 Å². The monoisotopic (exact) mass is 364 g/mol. The first-order valence-corrected chi connectivity index (χ1v) is 8.74. The van der Waals surface area contributed by atoms with Crippen LogP contribution in [0.4, 0.5) is 13.2 Å². The zero-order chi connectivity index (χ0) is 18.4. The molecule has 0 saturated heterocycles. The van der Waals surface area contributed by atoms with Gasteiger partial charge in [-0.05, 0) is 56.5 Å². The Morgan fingerprint density at radius 3 is 2.36 bits per heavy atom. The molecule has 0 saturated carbocycles. The third kappa shape index (κ3) is 3.06. The summed E-state index contributed by atoms with van der Waals surface area (Å²) in [7, 11) is 0. The highest BCUT2D eigenvalue weighted by Gasteiger charge is 2.43. The molecule has 3 rings (SSSR count). The van der Waals surface area contributed by atoms with E-state index in [9.17, 15) is 18.0 Å². The molecular formula is C19H15F3O2S. The molecule has 1 aliphatic rings. The Kier molecular flexibility index (Phi) is 4.41. The van der Waals surface area contributed by atoms with Crippen LogP contribution in [0.2, 0.25) is 0 Å². The van der Waals surface area contributed by atoms with Crippen LogP contribution in [0.25, 0.3) is 11.3 Å². The average Bonchev–Trinajstić information content (AvgIpc) is 2.80. The zero-order valence-corrected chi connectivity index (χ0v) is 14.6. The zero-order valence-electron chi connectivity index (χ0n) is 13.8. The summed E-state index contributed by atoms with van der Waals surface area (Å²) in [5, 5.41) is 0. The van der Waals surface area contributed by atoms with Crippen molar-refractivity contribution < 1.29 is 22.7 Å². The molecule has 2 aromatic rings. The van der Waals surface area contributed by atoms with E-state index < -0.39 is 28.8 Å². The quantitative estimate of drug-likeness (QED) is 0.711. The van der Waals surface area contributed by atoms with Crippen LogP contribution in [-0.2, 0) is 9.53 Å². The van der Waals surface area contributed by atoms with Crippen LogP contribution in [0.1, 0.15) is 25.0 Å². The minimum Gasteiger partial charge on any atom is -0.478 e. The normalized spacial score (nSPS) is 16.3. The summed E-state index contributed by atoms with van der Waals surface area (Å²) in [6, 6.07) is 7.24. The maximum absolute atomic E-state index is 14.2. The van der Waals surface area contributed by atoms with Crippen molar-refractivity contribution in [3.8, 4) is 0 Å². The fourth-order valence-electron chi connectivity index (χ4n) is 2.70. The first-order chi connectivity index (χ1) is 11.7. The summed E-state index contributed by atoms with van der Waals surface area (Å²) in [5.41, 5.74) is -1.23. The van der Waals surface area contributed by atoms with Crippen LogP contribution in [0, 0.1) is 17.5 Å². The molecule has 0 spiro atoms. The van der Waals surface area contributed by atoms with Gasteiger partial charge < -0.3 is 4.74 Å². The Labute approximate surface area is 147 Å². The maximum atomic E-state index is 14.2. The highest BCUT2D eigenvalue weighted by atomic mass is 32.2. The molecule has 0 atom stereocenters. The molecule has 0 N–H and O–H groups in total. The lowest BCUT2D eigenvalue weighted by molar-refractivity contribution is -0.125. The second-order valence-electron chi connectivity index (χ2n) is 6.12. The van der Waals surface area contributed by atoms with Gasteiger partial charge in [0.15, 0.2) is 5.60 Å². The van der Waals surface area contributed by atoms with Crippen molar-refractivity contribution in [3.63, 3.8) is 0 Å². The first kappa shape index (κ1) is 17.6. The fraction of sp³-hybridized carbons (Fsp3) is 0.211. The van der Waals surface area contributed by atoms with Crippen molar-refractivity contribution in [2.45, 2.75) is 24.3 Å². The van der Waals surface area contributed by atoms with E-state index in [4.69, 9.17) is 4.74 Å². The third-order valence-corrected chi connectivity index (χ3v) is 4.74. The number of Topliss-reactive ketones (excluding diaryl/α,β-unsaturated/α-hetero) is 1. The molecule has 130 valence electrons. The van der Waals surface area contributed by atoms with Crippen molar-refractivity contribution in [2.75, 3.05) is 6.26 Å². The highest BCUT2D eigenvalue weighted by Crippen LogP contribution is 2.42. The van der Waals surface area contributed by atoms with Crippen LogP contribution >= 0.6 is 11.8 Å². The predicted octanol–water partition coefficient (Wildman–Crippen LogP) is 5.07. The van der Waals surface area contributed by atoms with E-state index in [2.05, 4.69) is 0 Å². The topological polar surface area (TPSA) is 26.3 Å². The number of hydrogen-bond acceptors (Lipinski definition) is 3. The Balaban J connectivity index is 2.25. The lowest BCUT2D eigenvalue weighted by Crippen LogP contribution is -2.29. The van der Waals surface area contributed by atoms with Crippen LogP contribution in [0.15, 0.2) is 41.3 Å². The van der Waals surface area contributed by atoms with Crippen LogP contribution in [0.3, 0.4) is 0 Å². The summed E-state index contributed by atoms with van der Waals surface area (Å²) < 4.78 is 47.7. The number of halogens is 3. The Morgan fingerprint density at radius 2 is 1.72 bits per heavy atom.